The Kier molecular flexibility index (Phi) is 4.43. The van der Waals surface area contributed by atoms with Crippen molar-refractivity contribution in [1.82, 2.24) is 0 Å². The molecule has 0 heterocycles. The van der Waals surface area contributed by atoms with Gasteiger partial charge in [0.2, 0.25) is 0 Å². The van der Waals surface area contributed by atoms with Crippen molar-refractivity contribution < 1.29 is 5.11 Å². The summed E-state index contributed by atoms with van der Waals surface area (Å²) in [5, 5.41) is 10.6. The van der Waals surface area contributed by atoms with E-state index in [-0.39, 0.29) is 0 Å². The first-order chi connectivity index (χ1) is 8.94. The van der Waals surface area contributed by atoms with Crippen molar-refractivity contribution in [2.75, 3.05) is 0 Å². The van der Waals surface area contributed by atoms with Gasteiger partial charge < -0.3 is 5.11 Å². The zero-order chi connectivity index (χ0) is 13.9. The number of hydrogen-bond acceptors (Lipinski definition) is 1. The van der Waals surface area contributed by atoms with Gasteiger partial charge in [0, 0.05) is 17.3 Å². The average molecular weight is 319 g/mol. The molecule has 0 aliphatic heterocycles. The van der Waals surface area contributed by atoms with E-state index in [4.69, 9.17) is 0 Å². The van der Waals surface area contributed by atoms with Crippen LogP contribution >= 0.6 is 15.9 Å². The van der Waals surface area contributed by atoms with Gasteiger partial charge in [0.25, 0.3) is 0 Å². The fourth-order valence-electron chi connectivity index (χ4n) is 2.37. The second kappa shape index (κ2) is 5.89. The van der Waals surface area contributed by atoms with E-state index in [1.165, 1.54) is 11.1 Å². The van der Waals surface area contributed by atoms with Gasteiger partial charge in [-0.3, -0.25) is 0 Å². The van der Waals surface area contributed by atoms with Gasteiger partial charge in [0.15, 0.2) is 0 Å². The van der Waals surface area contributed by atoms with Crippen LogP contribution in [0.2, 0.25) is 0 Å². The van der Waals surface area contributed by atoms with E-state index in [0.717, 1.165) is 10.0 Å². The minimum atomic E-state index is -0.721. The van der Waals surface area contributed by atoms with Crippen molar-refractivity contribution in [1.29, 1.82) is 0 Å². The lowest BCUT2D eigenvalue weighted by atomic mass is 9.89. The molecule has 2 heteroatoms. The van der Waals surface area contributed by atoms with Crippen LogP contribution in [-0.2, 0) is 12.8 Å². The van der Waals surface area contributed by atoms with E-state index in [0.29, 0.717) is 12.8 Å². The maximum Gasteiger partial charge on any atom is 0.0700 e. The molecule has 0 fully saturated rings. The van der Waals surface area contributed by atoms with Crippen LogP contribution in [0.1, 0.15) is 23.6 Å². The highest BCUT2D eigenvalue weighted by Crippen LogP contribution is 2.20. The van der Waals surface area contributed by atoms with Crippen LogP contribution in [0.3, 0.4) is 0 Å². The summed E-state index contributed by atoms with van der Waals surface area (Å²) in [7, 11) is 0. The molecule has 0 spiro atoms. The molecular weight excluding hydrogens is 300 g/mol. The largest absolute Gasteiger partial charge is 0.389 e. The molecule has 1 unspecified atom stereocenters. The predicted molar refractivity (Wildman–Crippen MR) is 83.4 cm³/mol. The Labute approximate surface area is 123 Å². The Balaban J connectivity index is 2.07. The van der Waals surface area contributed by atoms with Gasteiger partial charge in [0.1, 0.15) is 0 Å². The van der Waals surface area contributed by atoms with Crippen molar-refractivity contribution in [2.45, 2.75) is 32.3 Å². The van der Waals surface area contributed by atoms with Crippen LogP contribution in [-0.4, -0.2) is 10.7 Å². The number of rotatable bonds is 4. The van der Waals surface area contributed by atoms with Crippen LogP contribution in [0.15, 0.2) is 53.0 Å². The quantitative estimate of drug-likeness (QED) is 0.891. The van der Waals surface area contributed by atoms with Crippen molar-refractivity contribution in [3.05, 3.63) is 69.7 Å². The summed E-state index contributed by atoms with van der Waals surface area (Å²) >= 11 is 3.42. The summed E-state index contributed by atoms with van der Waals surface area (Å²) in [6.07, 6.45) is 1.33. The number of hydrogen-bond donors (Lipinski definition) is 1. The molecule has 1 N–H and O–H groups in total. The van der Waals surface area contributed by atoms with Gasteiger partial charge in [-0.25, -0.2) is 0 Å². The zero-order valence-corrected chi connectivity index (χ0v) is 12.9. The summed E-state index contributed by atoms with van der Waals surface area (Å²) < 4.78 is 1.06. The number of benzene rings is 2. The van der Waals surface area contributed by atoms with E-state index in [1.807, 2.05) is 25.1 Å². The molecule has 0 saturated heterocycles. The van der Waals surface area contributed by atoms with Gasteiger partial charge >= 0.3 is 0 Å². The van der Waals surface area contributed by atoms with E-state index in [1.54, 1.807) is 0 Å². The van der Waals surface area contributed by atoms with Gasteiger partial charge in [-0.2, -0.15) is 0 Å². The monoisotopic (exact) mass is 318 g/mol. The van der Waals surface area contributed by atoms with E-state index in [9.17, 15) is 5.11 Å². The minimum absolute atomic E-state index is 0.661. The highest BCUT2D eigenvalue weighted by atomic mass is 79.9. The second-order valence-corrected chi connectivity index (χ2v) is 6.38. The highest BCUT2D eigenvalue weighted by molar-refractivity contribution is 9.10. The first kappa shape index (κ1) is 14.3. The molecular formula is C17H19BrO. The number of aryl methyl sites for hydroxylation is 1. The normalized spacial score (nSPS) is 14.1. The van der Waals surface area contributed by atoms with Crippen molar-refractivity contribution >= 4 is 15.9 Å². The Bertz CT molecular complexity index is 543. The second-order valence-electron chi connectivity index (χ2n) is 5.47. The summed E-state index contributed by atoms with van der Waals surface area (Å²) in [5.74, 6) is 0. The molecule has 1 nitrogen and oxygen atoms in total. The third kappa shape index (κ3) is 4.48. The Morgan fingerprint density at radius 2 is 1.63 bits per heavy atom. The first-order valence-corrected chi connectivity index (χ1v) is 7.26. The molecule has 2 aromatic carbocycles. The van der Waals surface area contributed by atoms with E-state index in [2.05, 4.69) is 53.2 Å². The molecule has 0 bridgehead atoms. The van der Waals surface area contributed by atoms with Crippen LogP contribution in [0.4, 0.5) is 0 Å². The fourth-order valence-corrected chi connectivity index (χ4v) is 2.63. The molecule has 100 valence electrons. The highest BCUT2D eigenvalue weighted by Gasteiger charge is 2.21. The molecule has 0 aromatic heterocycles. The molecule has 1 atom stereocenters. The molecule has 0 aliphatic rings. The molecule has 2 aromatic rings. The molecule has 19 heavy (non-hydrogen) atoms. The first-order valence-electron chi connectivity index (χ1n) is 6.47. The SMILES string of the molecule is Cc1cccc(CC(C)(O)Cc2ccc(Br)cc2)c1. The summed E-state index contributed by atoms with van der Waals surface area (Å²) in [6.45, 7) is 3.98. The van der Waals surface area contributed by atoms with Crippen LogP contribution < -0.4 is 0 Å². The Hall–Kier alpha value is -1.12. The minimum Gasteiger partial charge on any atom is -0.389 e. The lowest BCUT2D eigenvalue weighted by molar-refractivity contribution is 0.0608. The Morgan fingerprint density at radius 3 is 2.26 bits per heavy atom. The molecule has 0 amide bonds. The van der Waals surface area contributed by atoms with E-state index >= 15 is 0 Å². The lowest BCUT2D eigenvalue weighted by Crippen LogP contribution is -2.30. The summed E-state index contributed by atoms with van der Waals surface area (Å²) in [5.41, 5.74) is 2.85. The van der Waals surface area contributed by atoms with Crippen molar-refractivity contribution in [2.24, 2.45) is 0 Å². The third-order valence-electron chi connectivity index (χ3n) is 3.17. The molecule has 2 rings (SSSR count). The predicted octanol–water partition coefficient (Wildman–Crippen LogP) is 4.29. The van der Waals surface area contributed by atoms with Crippen molar-refractivity contribution in [3.63, 3.8) is 0 Å². The molecule has 0 aliphatic carbocycles. The average Bonchev–Trinajstić information content (AvgIpc) is 2.31. The van der Waals surface area contributed by atoms with Crippen LogP contribution in [0.25, 0.3) is 0 Å². The zero-order valence-electron chi connectivity index (χ0n) is 11.4. The Morgan fingerprint density at radius 1 is 1.00 bits per heavy atom. The van der Waals surface area contributed by atoms with Gasteiger partial charge in [-0.15, -0.1) is 0 Å². The van der Waals surface area contributed by atoms with Crippen LogP contribution in [0.5, 0.6) is 0 Å². The molecule has 0 saturated carbocycles. The van der Waals surface area contributed by atoms with Gasteiger partial charge in [-0.1, -0.05) is 57.9 Å². The fraction of sp³-hybridized carbons (Fsp3) is 0.294. The smallest absolute Gasteiger partial charge is 0.0700 e. The standard InChI is InChI=1S/C17H19BrO/c1-13-4-3-5-15(10-13)12-17(2,19)11-14-6-8-16(18)9-7-14/h3-10,19H,11-12H2,1-2H3. The number of aliphatic hydroxyl groups is 1. The third-order valence-corrected chi connectivity index (χ3v) is 3.69. The topological polar surface area (TPSA) is 20.2 Å². The van der Waals surface area contributed by atoms with E-state index < -0.39 is 5.60 Å². The molecule has 0 radical (unpaired) electrons. The van der Waals surface area contributed by atoms with Crippen molar-refractivity contribution in [3.8, 4) is 0 Å². The van der Waals surface area contributed by atoms with Gasteiger partial charge in [-0.05, 0) is 37.1 Å². The van der Waals surface area contributed by atoms with Gasteiger partial charge in [0.05, 0.1) is 5.60 Å². The van der Waals surface area contributed by atoms with Crippen LogP contribution in [0, 0.1) is 6.92 Å². The maximum absolute atomic E-state index is 10.6. The number of halogens is 1. The maximum atomic E-state index is 10.6. The summed E-state index contributed by atoms with van der Waals surface area (Å²) in [4.78, 5) is 0. The lowest BCUT2D eigenvalue weighted by Gasteiger charge is -2.23. The summed E-state index contributed by atoms with van der Waals surface area (Å²) in [6, 6.07) is 16.5.